The standard InChI is InChI=1S/C15H13BrN2OS2/c1-8(11-3-2-6-20-11)18-15(19)14-13(17)10-5-4-9(16)7-12(10)21-14/h2-8H,17H2,1H3,(H,18,19). The molecule has 1 aromatic carbocycles. The van der Waals surface area contributed by atoms with Gasteiger partial charge >= 0.3 is 0 Å². The highest BCUT2D eigenvalue weighted by Crippen LogP contribution is 2.35. The highest BCUT2D eigenvalue weighted by molar-refractivity contribution is 9.10. The Kier molecular flexibility index (Phi) is 4.01. The number of amides is 1. The van der Waals surface area contributed by atoms with Crippen LogP contribution in [0.5, 0.6) is 0 Å². The average molecular weight is 381 g/mol. The Balaban J connectivity index is 1.89. The van der Waals surface area contributed by atoms with Gasteiger partial charge in [0.25, 0.3) is 5.91 Å². The highest BCUT2D eigenvalue weighted by atomic mass is 79.9. The number of nitrogen functional groups attached to an aromatic ring is 1. The summed E-state index contributed by atoms with van der Waals surface area (Å²) in [5, 5.41) is 5.94. The molecule has 0 aliphatic heterocycles. The molecule has 0 fully saturated rings. The van der Waals surface area contributed by atoms with Crippen molar-refractivity contribution in [3.8, 4) is 0 Å². The molecular formula is C15H13BrN2OS2. The van der Waals surface area contributed by atoms with Crippen molar-refractivity contribution in [3.63, 3.8) is 0 Å². The van der Waals surface area contributed by atoms with Crippen LogP contribution in [0.15, 0.2) is 40.2 Å². The van der Waals surface area contributed by atoms with Crippen LogP contribution in [-0.4, -0.2) is 5.91 Å². The lowest BCUT2D eigenvalue weighted by atomic mass is 10.2. The third kappa shape index (κ3) is 2.84. The van der Waals surface area contributed by atoms with Crippen LogP contribution in [0.25, 0.3) is 10.1 Å². The lowest BCUT2D eigenvalue weighted by molar-refractivity contribution is 0.0945. The van der Waals surface area contributed by atoms with Crippen molar-refractivity contribution in [3.05, 3.63) is 49.9 Å². The van der Waals surface area contributed by atoms with Gasteiger partial charge in [-0.3, -0.25) is 4.79 Å². The Morgan fingerprint density at radius 3 is 2.90 bits per heavy atom. The van der Waals surface area contributed by atoms with Gasteiger partial charge in [0.1, 0.15) is 4.88 Å². The van der Waals surface area contributed by atoms with Gasteiger partial charge in [0.05, 0.1) is 11.7 Å². The van der Waals surface area contributed by atoms with E-state index in [1.54, 1.807) is 11.3 Å². The molecule has 1 atom stereocenters. The molecule has 0 radical (unpaired) electrons. The number of nitrogens with one attached hydrogen (secondary N) is 1. The summed E-state index contributed by atoms with van der Waals surface area (Å²) < 4.78 is 1.99. The number of hydrogen-bond donors (Lipinski definition) is 2. The van der Waals surface area contributed by atoms with Crippen LogP contribution in [0.3, 0.4) is 0 Å². The van der Waals surface area contributed by atoms with Gasteiger partial charge < -0.3 is 11.1 Å². The first-order valence-electron chi connectivity index (χ1n) is 6.38. The molecule has 2 heterocycles. The minimum atomic E-state index is -0.120. The second kappa shape index (κ2) is 5.79. The Bertz CT molecular complexity index is 795. The Morgan fingerprint density at radius 1 is 1.38 bits per heavy atom. The lowest BCUT2D eigenvalue weighted by Crippen LogP contribution is -2.25. The summed E-state index contributed by atoms with van der Waals surface area (Å²) in [5.41, 5.74) is 6.68. The van der Waals surface area contributed by atoms with Crippen molar-refractivity contribution >= 4 is 60.3 Å². The van der Waals surface area contributed by atoms with E-state index in [-0.39, 0.29) is 11.9 Å². The summed E-state index contributed by atoms with van der Waals surface area (Å²) in [7, 11) is 0. The molecule has 0 spiro atoms. The predicted octanol–water partition coefficient (Wildman–Crippen LogP) is 4.80. The Labute approximate surface area is 138 Å². The number of thiophene rings is 2. The first-order valence-corrected chi connectivity index (χ1v) is 8.87. The monoisotopic (exact) mass is 380 g/mol. The third-order valence-corrected chi connectivity index (χ3v) is 5.93. The van der Waals surface area contributed by atoms with Gasteiger partial charge in [0.15, 0.2) is 0 Å². The first kappa shape index (κ1) is 14.6. The van der Waals surface area contributed by atoms with Crippen molar-refractivity contribution in [2.45, 2.75) is 13.0 Å². The zero-order chi connectivity index (χ0) is 15.0. The van der Waals surface area contributed by atoms with Gasteiger partial charge in [-0.05, 0) is 30.5 Å². The van der Waals surface area contributed by atoms with Gasteiger partial charge in [-0.15, -0.1) is 22.7 Å². The van der Waals surface area contributed by atoms with E-state index in [4.69, 9.17) is 5.73 Å². The maximum atomic E-state index is 12.4. The first-order chi connectivity index (χ1) is 10.1. The molecule has 3 rings (SSSR count). The molecule has 21 heavy (non-hydrogen) atoms. The number of carbonyl (C=O) groups excluding carboxylic acids is 1. The Hall–Kier alpha value is -1.37. The third-order valence-electron chi connectivity index (χ3n) is 3.21. The highest BCUT2D eigenvalue weighted by Gasteiger charge is 2.19. The van der Waals surface area contributed by atoms with Crippen LogP contribution in [0.1, 0.15) is 27.5 Å². The van der Waals surface area contributed by atoms with E-state index < -0.39 is 0 Å². The second-order valence-electron chi connectivity index (χ2n) is 4.70. The van der Waals surface area contributed by atoms with Crippen molar-refractivity contribution in [2.75, 3.05) is 5.73 Å². The van der Waals surface area contributed by atoms with E-state index in [0.717, 1.165) is 19.4 Å². The number of carbonyl (C=O) groups is 1. The summed E-state index contributed by atoms with van der Waals surface area (Å²) in [6, 6.07) is 9.82. The quantitative estimate of drug-likeness (QED) is 0.685. The largest absolute Gasteiger partial charge is 0.397 e. The molecular weight excluding hydrogens is 368 g/mol. The normalized spacial score (nSPS) is 12.5. The molecule has 3 aromatic rings. The molecule has 6 heteroatoms. The van der Waals surface area contributed by atoms with Crippen LogP contribution < -0.4 is 11.1 Å². The average Bonchev–Trinajstić information content (AvgIpc) is 3.07. The van der Waals surface area contributed by atoms with E-state index in [0.29, 0.717) is 10.6 Å². The summed E-state index contributed by atoms with van der Waals surface area (Å²) in [6.45, 7) is 1.98. The van der Waals surface area contributed by atoms with Gasteiger partial charge in [-0.2, -0.15) is 0 Å². The molecule has 1 unspecified atom stereocenters. The summed E-state index contributed by atoms with van der Waals surface area (Å²) >= 11 is 6.49. The fraction of sp³-hybridized carbons (Fsp3) is 0.133. The van der Waals surface area contributed by atoms with Gasteiger partial charge in [0.2, 0.25) is 0 Å². The van der Waals surface area contributed by atoms with Crippen molar-refractivity contribution < 1.29 is 4.79 Å². The van der Waals surface area contributed by atoms with E-state index in [1.165, 1.54) is 11.3 Å². The van der Waals surface area contributed by atoms with Gasteiger partial charge in [-0.1, -0.05) is 28.1 Å². The van der Waals surface area contributed by atoms with E-state index in [2.05, 4.69) is 21.2 Å². The molecule has 1 amide bonds. The smallest absolute Gasteiger partial charge is 0.264 e. The molecule has 0 saturated heterocycles. The Morgan fingerprint density at radius 2 is 2.19 bits per heavy atom. The fourth-order valence-corrected chi connectivity index (χ4v) is 4.44. The predicted molar refractivity (Wildman–Crippen MR) is 94.1 cm³/mol. The minimum Gasteiger partial charge on any atom is -0.397 e. The minimum absolute atomic E-state index is 0.0196. The number of anilines is 1. The maximum absolute atomic E-state index is 12.4. The number of benzene rings is 1. The van der Waals surface area contributed by atoms with Crippen molar-refractivity contribution in [1.82, 2.24) is 5.32 Å². The topological polar surface area (TPSA) is 55.1 Å². The number of halogens is 1. The molecule has 108 valence electrons. The molecule has 0 bridgehead atoms. The molecule has 2 aromatic heterocycles. The van der Waals surface area contributed by atoms with Crippen molar-refractivity contribution in [2.24, 2.45) is 0 Å². The number of hydrogen-bond acceptors (Lipinski definition) is 4. The summed E-state index contributed by atoms with van der Waals surface area (Å²) in [5.74, 6) is -0.120. The number of fused-ring (bicyclic) bond motifs is 1. The number of nitrogens with two attached hydrogens (primary N) is 1. The van der Waals surface area contributed by atoms with E-state index in [1.807, 2.05) is 42.6 Å². The van der Waals surface area contributed by atoms with Crippen molar-refractivity contribution in [1.29, 1.82) is 0 Å². The maximum Gasteiger partial charge on any atom is 0.264 e. The van der Waals surface area contributed by atoms with E-state index >= 15 is 0 Å². The van der Waals surface area contributed by atoms with E-state index in [9.17, 15) is 4.79 Å². The van der Waals surface area contributed by atoms with Crippen LogP contribution in [0.2, 0.25) is 0 Å². The van der Waals surface area contributed by atoms with Crippen LogP contribution in [0, 0.1) is 0 Å². The molecule has 0 aliphatic carbocycles. The molecule has 3 nitrogen and oxygen atoms in total. The zero-order valence-electron chi connectivity index (χ0n) is 11.2. The van der Waals surface area contributed by atoms with Crippen LogP contribution in [-0.2, 0) is 0 Å². The second-order valence-corrected chi connectivity index (χ2v) is 7.64. The zero-order valence-corrected chi connectivity index (χ0v) is 14.4. The summed E-state index contributed by atoms with van der Waals surface area (Å²) in [6.07, 6.45) is 0. The molecule has 0 saturated carbocycles. The fourth-order valence-electron chi connectivity index (χ4n) is 2.13. The lowest BCUT2D eigenvalue weighted by Gasteiger charge is -2.11. The number of rotatable bonds is 3. The van der Waals surface area contributed by atoms with Gasteiger partial charge in [0, 0.05) is 19.4 Å². The van der Waals surface area contributed by atoms with Crippen LogP contribution in [0.4, 0.5) is 5.69 Å². The molecule has 0 aliphatic rings. The van der Waals surface area contributed by atoms with Crippen LogP contribution >= 0.6 is 38.6 Å². The molecule has 3 N–H and O–H groups in total. The van der Waals surface area contributed by atoms with Gasteiger partial charge in [-0.25, -0.2) is 0 Å². The summed E-state index contributed by atoms with van der Waals surface area (Å²) in [4.78, 5) is 14.1. The SMILES string of the molecule is CC(NC(=O)c1sc2cc(Br)ccc2c1N)c1cccs1.